The maximum atomic E-state index is 12.1. The van der Waals surface area contributed by atoms with Gasteiger partial charge in [0.25, 0.3) is 0 Å². The van der Waals surface area contributed by atoms with E-state index in [2.05, 4.69) is 0 Å². The molecule has 14 nitrogen and oxygen atoms in total. The van der Waals surface area contributed by atoms with Crippen LogP contribution >= 0.6 is 0 Å². The number of amides is 2. The molecule has 44 heavy (non-hydrogen) atoms. The molecule has 0 aliphatic carbocycles. The maximum Gasteiger partial charge on any atom is 0.410 e. The van der Waals surface area contributed by atoms with E-state index in [1.165, 1.54) is 9.80 Å². The second-order valence-corrected chi connectivity index (χ2v) is 12.2. The SMILES string of the molecule is CCOC(=O)[C@@H]1CN(C(=O)OC(C)(C)C)C[C@H]1C(=O)OCC.CCOC(=O)[C@H]1CN(C(=O)OC(C)(C)C)C[C@@H]1C(=O)OCC. The summed E-state index contributed by atoms with van der Waals surface area (Å²) in [7, 11) is 0. The molecule has 0 unspecified atom stereocenters. The minimum absolute atomic E-state index is 0.0945. The molecular weight excluding hydrogens is 580 g/mol. The number of likely N-dealkylation sites (tertiary alicyclic amines) is 2. The van der Waals surface area contributed by atoms with Crippen molar-refractivity contribution in [1.29, 1.82) is 0 Å². The fraction of sp³-hybridized carbons (Fsp3) is 0.800. The van der Waals surface area contributed by atoms with E-state index in [-0.39, 0.29) is 52.6 Å². The predicted molar refractivity (Wildman–Crippen MR) is 156 cm³/mol. The molecule has 2 rings (SSSR count). The van der Waals surface area contributed by atoms with Crippen molar-refractivity contribution in [2.75, 3.05) is 52.6 Å². The molecule has 0 aromatic heterocycles. The Hall–Kier alpha value is -3.58. The molecule has 2 heterocycles. The number of carbonyl (C=O) groups is 6. The molecule has 0 bridgehead atoms. The Balaban J connectivity index is 0.000000440. The lowest BCUT2D eigenvalue weighted by Crippen LogP contribution is -2.36. The molecule has 252 valence electrons. The Bertz CT molecular complexity index is 884. The van der Waals surface area contributed by atoms with Gasteiger partial charge in [0.1, 0.15) is 11.2 Å². The van der Waals surface area contributed by atoms with Crippen LogP contribution in [0.2, 0.25) is 0 Å². The van der Waals surface area contributed by atoms with Crippen molar-refractivity contribution in [3.05, 3.63) is 0 Å². The van der Waals surface area contributed by atoms with E-state index in [0.717, 1.165) is 0 Å². The second-order valence-electron chi connectivity index (χ2n) is 12.2. The highest BCUT2D eigenvalue weighted by molar-refractivity contribution is 5.86. The van der Waals surface area contributed by atoms with Gasteiger partial charge in [0.05, 0.1) is 50.1 Å². The quantitative estimate of drug-likeness (QED) is 0.285. The summed E-state index contributed by atoms with van der Waals surface area (Å²) in [4.78, 5) is 75.0. The van der Waals surface area contributed by atoms with Gasteiger partial charge in [0, 0.05) is 26.2 Å². The van der Waals surface area contributed by atoms with Crippen LogP contribution in [-0.2, 0) is 47.6 Å². The van der Waals surface area contributed by atoms with Gasteiger partial charge in [-0.05, 0) is 69.2 Å². The third kappa shape index (κ3) is 12.2. The minimum Gasteiger partial charge on any atom is -0.466 e. The molecule has 0 spiro atoms. The van der Waals surface area contributed by atoms with Gasteiger partial charge in [-0.15, -0.1) is 0 Å². The summed E-state index contributed by atoms with van der Waals surface area (Å²) in [6.45, 7) is 18.6. The van der Waals surface area contributed by atoms with Gasteiger partial charge in [-0.3, -0.25) is 19.2 Å². The highest BCUT2D eigenvalue weighted by Crippen LogP contribution is 2.29. The first-order valence-electron chi connectivity index (χ1n) is 15.0. The van der Waals surface area contributed by atoms with Crippen LogP contribution in [0.25, 0.3) is 0 Å². The van der Waals surface area contributed by atoms with Crippen LogP contribution in [0.4, 0.5) is 9.59 Å². The fourth-order valence-corrected chi connectivity index (χ4v) is 4.51. The van der Waals surface area contributed by atoms with Gasteiger partial charge in [0.15, 0.2) is 0 Å². The summed E-state index contributed by atoms with van der Waals surface area (Å²) < 4.78 is 30.5. The molecule has 0 N–H and O–H groups in total. The Morgan fingerprint density at radius 3 is 0.841 bits per heavy atom. The lowest BCUT2D eigenvalue weighted by atomic mass is 9.96. The molecule has 2 aliphatic rings. The van der Waals surface area contributed by atoms with Crippen LogP contribution < -0.4 is 0 Å². The third-order valence-electron chi connectivity index (χ3n) is 6.30. The minimum atomic E-state index is -0.716. The van der Waals surface area contributed by atoms with Crippen molar-refractivity contribution in [1.82, 2.24) is 9.80 Å². The van der Waals surface area contributed by atoms with Crippen LogP contribution in [-0.4, -0.2) is 110 Å². The Morgan fingerprint density at radius 2 is 0.682 bits per heavy atom. The van der Waals surface area contributed by atoms with Crippen LogP contribution in [0.5, 0.6) is 0 Å². The monoisotopic (exact) mass is 630 g/mol. The van der Waals surface area contributed by atoms with Crippen LogP contribution in [0, 0.1) is 23.7 Å². The molecule has 2 amide bonds. The molecule has 2 saturated heterocycles. The molecule has 0 aromatic carbocycles. The summed E-state index contributed by atoms with van der Waals surface area (Å²) in [5.41, 5.74) is -1.28. The van der Waals surface area contributed by atoms with Gasteiger partial charge in [-0.2, -0.15) is 0 Å². The van der Waals surface area contributed by atoms with Gasteiger partial charge >= 0.3 is 36.1 Å². The number of rotatable bonds is 8. The molecule has 14 heteroatoms. The van der Waals surface area contributed by atoms with E-state index < -0.39 is 70.9 Å². The summed E-state index contributed by atoms with van der Waals surface area (Å²) in [5.74, 6) is -4.84. The normalized spacial score (nSPS) is 21.4. The van der Waals surface area contributed by atoms with E-state index in [4.69, 9.17) is 28.4 Å². The third-order valence-corrected chi connectivity index (χ3v) is 6.30. The van der Waals surface area contributed by atoms with Crippen LogP contribution in [0.3, 0.4) is 0 Å². The van der Waals surface area contributed by atoms with Crippen molar-refractivity contribution < 1.29 is 57.2 Å². The average Bonchev–Trinajstić information content (AvgIpc) is 3.54. The Kier molecular flexibility index (Phi) is 14.9. The zero-order valence-electron chi connectivity index (χ0n) is 27.8. The molecule has 0 aromatic rings. The van der Waals surface area contributed by atoms with Crippen molar-refractivity contribution in [2.24, 2.45) is 23.7 Å². The van der Waals surface area contributed by atoms with Crippen molar-refractivity contribution >= 4 is 36.1 Å². The number of ether oxygens (including phenoxy) is 6. The number of esters is 4. The van der Waals surface area contributed by atoms with E-state index >= 15 is 0 Å². The molecule has 4 atom stereocenters. The van der Waals surface area contributed by atoms with E-state index in [0.29, 0.717) is 0 Å². The van der Waals surface area contributed by atoms with Gasteiger partial charge < -0.3 is 38.2 Å². The molecule has 2 aliphatic heterocycles. The molecule has 2 fully saturated rings. The molecular formula is C30H50N2O12. The van der Waals surface area contributed by atoms with E-state index in [1.807, 2.05) is 0 Å². The molecule has 0 saturated carbocycles. The van der Waals surface area contributed by atoms with Gasteiger partial charge in [0.2, 0.25) is 0 Å². The topological polar surface area (TPSA) is 164 Å². The first-order chi connectivity index (χ1) is 20.4. The second kappa shape index (κ2) is 17.0. The first-order valence-corrected chi connectivity index (χ1v) is 15.0. The largest absolute Gasteiger partial charge is 0.466 e. The number of carbonyl (C=O) groups excluding carboxylic acids is 6. The lowest BCUT2D eigenvalue weighted by Gasteiger charge is -2.24. The number of hydrogen-bond donors (Lipinski definition) is 0. The highest BCUT2D eigenvalue weighted by Gasteiger charge is 2.47. The zero-order valence-corrected chi connectivity index (χ0v) is 27.8. The van der Waals surface area contributed by atoms with E-state index in [9.17, 15) is 28.8 Å². The van der Waals surface area contributed by atoms with Crippen molar-refractivity contribution in [3.8, 4) is 0 Å². The fourth-order valence-electron chi connectivity index (χ4n) is 4.51. The number of hydrogen-bond acceptors (Lipinski definition) is 12. The molecule has 0 radical (unpaired) electrons. The summed E-state index contributed by atoms with van der Waals surface area (Å²) in [5, 5.41) is 0. The standard InChI is InChI=1S/2C15H25NO6/c2*1-6-20-12(17)10-8-16(14(19)22-15(3,4)5)9-11(10)13(18)21-7-2/h2*10-11H,6-9H2,1-5H3/t2*10-,11-/m10/s1. The number of nitrogens with zero attached hydrogens (tertiary/aromatic N) is 2. The Morgan fingerprint density at radius 1 is 0.477 bits per heavy atom. The van der Waals surface area contributed by atoms with Gasteiger partial charge in [-0.25, -0.2) is 9.59 Å². The van der Waals surface area contributed by atoms with E-state index in [1.54, 1.807) is 69.2 Å². The van der Waals surface area contributed by atoms with Crippen LogP contribution in [0.1, 0.15) is 69.2 Å². The lowest BCUT2D eigenvalue weighted by molar-refractivity contribution is -0.157. The van der Waals surface area contributed by atoms with Gasteiger partial charge in [-0.1, -0.05) is 0 Å². The summed E-state index contributed by atoms with van der Waals surface area (Å²) in [6.07, 6.45) is -1.10. The Labute approximate surface area is 259 Å². The smallest absolute Gasteiger partial charge is 0.410 e. The van der Waals surface area contributed by atoms with Crippen LogP contribution in [0.15, 0.2) is 0 Å². The average molecular weight is 631 g/mol. The first kappa shape index (κ1) is 38.4. The van der Waals surface area contributed by atoms with Crippen molar-refractivity contribution in [2.45, 2.75) is 80.4 Å². The zero-order chi connectivity index (χ0) is 33.8. The summed E-state index contributed by atoms with van der Waals surface area (Å²) in [6, 6.07) is 0. The maximum absolute atomic E-state index is 12.1. The summed E-state index contributed by atoms with van der Waals surface area (Å²) >= 11 is 0. The highest BCUT2D eigenvalue weighted by atomic mass is 16.6. The predicted octanol–water partition coefficient (Wildman–Crippen LogP) is 3.19. The van der Waals surface area contributed by atoms with Crippen molar-refractivity contribution in [3.63, 3.8) is 0 Å².